The van der Waals surface area contributed by atoms with E-state index in [9.17, 15) is 4.79 Å². The first-order chi connectivity index (χ1) is 7.95. The molecule has 0 aromatic heterocycles. The number of Topliss-reactive ketones (excluding diaryl/α,β-unsaturated/α-hetero) is 1. The minimum absolute atomic E-state index is 0.136. The first-order valence-corrected chi connectivity index (χ1v) is 6.04. The smallest absolute Gasteiger partial charge is 0.162 e. The molecule has 2 nitrogen and oxygen atoms in total. The van der Waals surface area contributed by atoms with Gasteiger partial charge in [-0.25, -0.2) is 0 Å². The molecule has 0 saturated carbocycles. The van der Waals surface area contributed by atoms with E-state index in [1.54, 1.807) is 7.11 Å². The summed E-state index contributed by atoms with van der Waals surface area (Å²) in [6, 6.07) is 10.1. The van der Waals surface area contributed by atoms with Crippen molar-refractivity contribution >= 4 is 5.78 Å². The van der Waals surface area contributed by atoms with Crippen molar-refractivity contribution in [1.82, 2.24) is 0 Å². The summed E-state index contributed by atoms with van der Waals surface area (Å²) in [5, 5.41) is 0. The molecule has 0 fully saturated rings. The first kappa shape index (κ1) is 13.9. The lowest BCUT2D eigenvalue weighted by Gasteiger charge is -2.28. The molecule has 1 rings (SSSR count). The molecular weight excluding hydrogens is 212 g/mol. The Labute approximate surface area is 104 Å². The number of aryl methyl sites for hydroxylation is 1. The molecule has 17 heavy (non-hydrogen) atoms. The zero-order valence-corrected chi connectivity index (χ0v) is 11.2. The lowest BCUT2D eigenvalue weighted by Crippen LogP contribution is -2.36. The van der Waals surface area contributed by atoms with E-state index in [-0.39, 0.29) is 17.3 Å². The van der Waals surface area contributed by atoms with Gasteiger partial charge in [0.15, 0.2) is 5.78 Å². The molecule has 1 aromatic carbocycles. The molecule has 0 radical (unpaired) electrons. The Morgan fingerprint density at radius 2 is 1.82 bits per heavy atom. The van der Waals surface area contributed by atoms with Gasteiger partial charge in [-0.15, -0.1) is 0 Å². The summed E-state index contributed by atoms with van der Waals surface area (Å²) in [5.41, 5.74) is 1.06. The molecule has 1 atom stereocenters. The maximum Gasteiger partial charge on any atom is 0.162 e. The molecule has 0 spiro atoms. The van der Waals surface area contributed by atoms with Gasteiger partial charge in [0, 0.05) is 13.5 Å². The largest absolute Gasteiger partial charge is 0.373 e. The molecule has 2 heteroatoms. The van der Waals surface area contributed by atoms with Crippen LogP contribution in [-0.2, 0) is 16.0 Å². The van der Waals surface area contributed by atoms with Gasteiger partial charge >= 0.3 is 0 Å². The number of carbonyl (C=O) groups excluding carboxylic acids is 1. The molecular formula is C15H22O2. The van der Waals surface area contributed by atoms with Gasteiger partial charge in [-0.1, -0.05) is 51.1 Å². The highest BCUT2D eigenvalue weighted by molar-refractivity contribution is 5.84. The van der Waals surface area contributed by atoms with Crippen molar-refractivity contribution in [3.8, 4) is 0 Å². The molecule has 94 valence electrons. The van der Waals surface area contributed by atoms with Crippen LogP contribution in [0.2, 0.25) is 0 Å². The maximum atomic E-state index is 12.1. The zero-order valence-electron chi connectivity index (χ0n) is 11.2. The average Bonchev–Trinajstić information content (AvgIpc) is 2.27. The number of carbonyl (C=O) groups is 1. The van der Waals surface area contributed by atoms with Crippen molar-refractivity contribution in [1.29, 1.82) is 0 Å². The van der Waals surface area contributed by atoms with Crippen molar-refractivity contribution in [3.05, 3.63) is 35.9 Å². The number of hydrogen-bond acceptors (Lipinski definition) is 2. The first-order valence-electron chi connectivity index (χ1n) is 6.04. The fourth-order valence-electron chi connectivity index (χ4n) is 2.01. The number of hydrogen-bond donors (Lipinski definition) is 0. The summed E-state index contributed by atoms with van der Waals surface area (Å²) in [7, 11) is 1.61. The van der Waals surface area contributed by atoms with Crippen LogP contribution in [0, 0.1) is 5.41 Å². The number of methoxy groups -OCH3 is 1. The fraction of sp³-hybridized carbons (Fsp3) is 0.533. The maximum absolute atomic E-state index is 12.1. The lowest BCUT2D eigenvalue weighted by molar-refractivity contribution is -0.134. The second-order valence-corrected chi connectivity index (χ2v) is 5.43. The highest BCUT2D eigenvalue weighted by Crippen LogP contribution is 2.23. The molecule has 0 heterocycles. The van der Waals surface area contributed by atoms with Gasteiger partial charge in [-0.2, -0.15) is 0 Å². The standard InChI is InChI=1S/C15H22O2/c1-15(2,3)14(17-4)13(16)11-10-12-8-6-5-7-9-12/h5-9,14H,10-11H2,1-4H3. The topological polar surface area (TPSA) is 26.3 Å². The van der Waals surface area contributed by atoms with Crippen LogP contribution in [0.15, 0.2) is 30.3 Å². The zero-order chi connectivity index (χ0) is 12.9. The summed E-state index contributed by atoms with van der Waals surface area (Å²) >= 11 is 0. The van der Waals surface area contributed by atoms with Crippen LogP contribution >= 0.6 is 0 Å². The van der Waals surface area contributed by atoms with E-state index in [0.29, 0.717) is 6.42 Å². The van der Waals surface area contributed by atoms with Gasteiger partial charge in [-0.3, -0.25) is 4.79 Å². The minimum atomic E-state index is -0.314. The third-order valence-corrected chi connectivity index (χ3v) is 2.82. The fourth-order valence-corrected chi connectivity index (χ4v) is 2.01. The quantitative estimate of drug-likeness (QED) is 0.781. The van der Waals surface area contributed by atoms with E-state index in [1.165, 1.54) is 5.56 Å². The molecule has 1 unspecified atom stereocenters. The van der Waals surface area contributed by atoms with Crippen LogP contribution in [0.25, 0.3) is 0 Å². The van der Waals surface area contributed by atoms with Crippen molar-refractivity contribution in [2.45, 2.75) is 39.7 Å². The third-order valence-electron chi connectivity index (χ3n) is 2.82. The van der Waals surface area contributed by atoms with Crippen molar-refractivity contribution in [2.75, 3.05) is 7.11 Å². The van der Waals surface area contributed by atoms with E-state index in [4.69, 9.17) is 4.74 Å². The Morgan fingerprint density at radius 1 is 1.24 bits per heavy atom. The summed E-state index contributed by atoms with van der Waals surface area (Å²) in [6.45, 7) is 6.09. The second kappa shape index (κ2) is 5.97. The Kier molecular flexibility index (Phi) is 4.88. The average molecular weight is 234 g/mol. The second-order valence-electron chi connectivity index (χ2n) is 5.43. The molecule has 0 saturated heterocycles. The molecule has 1 aromatic rings. The molecule has 0 bridgehead atoms. The number of rotatable bonds is 5. The normalized spacial score (nSPS) is 13.4. The van der Waals surface area contributed by atoms with E-state index < -0.39 is 0 Å². The van der Waals surface area contributed by atoms with Crippen LogP contribution in [0.5, 0.6) is 0 Å². The third kappa shape index (κ3) is 4.31. The van der Waals surface area contributed by atoms with Crippen LogP contribution < -0.4 is 0 Å². The van der Waals surface area contributed by atoms with Gasteiger partial charge < -0.3 is 4.74 Å². The molecule has 0 aliphatic heterocycles. The SMILES string of the molecule is COC(C(=O)CCc1ccccc1)C(C)(C)C. The van der Waals surface area contributed by atoms with Crippen LogP contribution in [0.4, 0.5) is 0 Å². The van der Waals surface area contributed by atoms with Crippen LogP contribution in [0.3, 0.4) is 0 Å². The summed E-state index contributed by atoms with van der Waals surface area (Å²) < 4.78 is 5.32. The Balaban J connectivity index is 2.55. The number of ketones is 1. The monoisotopic (exact) mass is 234 g/mol. The number of benzene rings is 1. The molecule has 0 amide bonds. The van der Waals surface area contributed by atoms with Gasteiger partial charge in [0.25, 0.3) is 0 Å². The minimum Gasteiger partial charge on any atom is -0.373 e. The van der Waals surface area contributed by atoms with Crippen molar-refractivity contribution < 1.29 is 9.53 Å². The summed E-state index contributed by atoms with van der Waals surface area (Å²) in [4.78, 5) is 12.1. The van der Waals surface area contributed by atoms with Gasteiger partial charge in [0.2, 0.25) is 0 Å². The van der Waals surface area contributed by atoms with E-state index in [2.05, 4.69) is 0 Å². The summed E-state index contributed by atoms with van der Waals surface area (Å²) in [6.07, 6.45) is 1.02. The van der Waals surface area contributed by atoms with Gasteiger partial charge in [0.1, 0.15) is 6.10 Å². The van der Waals surface area contributed by atoms with E-state index >= 15 is 0 Å². The van der Waals surface area contributed by atoms with Crippen molar-refractivity contribution in [2.24, 2.45) is 5.41 Å². The molecule has 0 aliphatic carbocycles. The molecule has 0 aliphatic rings. The van der Waals surface area contributed by atoms with Gasteiger partial charge in [0.05, 0.1) is 0 Å². The van der Waals surface area contributed by atoms with Crippen LogP contribution in [-0.4, -0.2) is 19.0 Å². The highest BCUT2D eigenvalue weighted by atomic mass is 16.5. The Bertz CT molecular complexity index is 349. The van der Waals surface area contributed by atoms with Crippen LogP contribution in [0.1, 0.15) is 32.8 Å². The molecule has 0 N–H and O–H groups in total. The Morgan fingerprint density at radius 3 is 2.29 bits per heavy atom. The van der Waals surface area contributed by atoms with E-state index in [1.807, 2.05) is 51.1 Å². The number of ether oxygens (including phenoxy) is 1. The summed E-state index contributed by atoms with van der Waals surface area (Å²) in [5.74, 6) is 0.184. The highest BCUT2D eigenvalue weighted by Gasteiger charge is 2.30. The Hall–Kier alpha value is -1.15. The van der Waals surface area contributed by atoms with E-state index in [0.717, 1.165) is 6.42 Å². The predicted octanol–water partition coefficient (Wildman–Crippen LogP) is 3.25. The van der Waals surface area contributed by atoms with Gasteiger partial charge in [-0.05, 0) is 17.4 Å². The van der Waals surface area contributed by atoms with Crippen molar-refractivity contribution in [3.63, 3.8) is 0 Å². The lowest BCUT2D eigenvalue weighted by atomic mass is 9.85. The predicted molar refractivity (Wildman–Crippen MR) is 70.0 cm³/mol.